The van der Waals surface area contributed by atoms with Gasteiger partial charge in [-0.3, -0.25) is 9.36 Å². The van der Waals surface area contributed by atoms with Crippen LogP contribution in [0.25, 0.3) is 5.69 Å². The van der Waals surface area contributed by atoms with Crippen molar-refractivity contribution in [2.75, 3.05) is 7.11 Å². The highest BCUT2D eigenvalue weighted by Gasteiger charge is 2.30. The van der Waals surface area contributed by atoms with Gasteiger partial charge in [0.15, 0.2) is 11.0 Å². The van der Waals surface area contributed by atoms with E-state index in [4.69, 9.17) is 4.74 Å². The summed E-state index contributed by atoms with van der Waals surface area (Å²) < 4.78 is 46.6. The number of para-hydroxylation sites is 2. The molecule has 1 N–H and O–H groups in total. The van der Waals surface area contributed by atoms with E-state index >= 15 is 0 Å². The number of carbonyl (C=O) groups excluding carboxylic acids is 1. The Kier molecular flexibility index (Phi) is 7.94. The van der Waals surface area contributed by atoms with Crippen LogP contribution in [0.2, 0.25) is 0 Å². The van der Waals surface area contributed by atoms with E-state index in [1.165, 1.54) is 17.8 Å². The van der Waals surface area contributed by atoms with Gasteiger partial charge in [-0.05, 0) is 29.3 Å². The number of nitrogens with zero attached hydrogens (tertiary/aromatic N) is 3. The van der Waals surface area contributed by atoms with Crippen LogP contribution in [-0.4, -0.2) is 27.8 Å². The number of rotatable bonds is 9. The summed E-state index contributed by atoms with van der Waals surface area (Å²) in [6, 6.07) is 21.8. The number of alkyl halides is 3. The Labute approximate surface area is 210 Å². The zero-order valence-corrected chi connectivity index (χ0v) is 20.1. The summed E-state index contributed by atoms with van der Waals surface area (Å²) in [7, 11) is 1.54. The molecule has 0 aliphatic heterocycles. The van der Waals surface area contributed by atoms with E-state index in [9.17, 15) is 18.0 Å². The Morgan fingerprint density at radius 1 is 0.972 bits per heavy atom. The predicted octanol–water partition coefficient (Wildman–Crippen LogP) is 5.45. The van der Waals surface area contributed by atoms with Crippen molar-refractivity contribution in [3.05, 3.63) is 101 Å². The molecule has 36 heavy (non-hydrogen) atoms. The van der Waals surface area contributed by atoms with E-state index in [0.717, 1.165) is 17.7 Å². The number of carbonyl (C=O) groups is 1. The van der Waals surface area contributed by atoms with Gasteiger partial charge in [0.2, 0.25) is 5.91 Å². The second kappa shape index (κ2) is 11.3. The third kappa shape index (κ3) is 6.25. The minimum Gasteiger partial charge on any atom is -0.495 e. The largest absolute Gasteiger partial charge is 0.495 e. The molecular formula is C26H23F3N4O2S. The highest BCUT2D eigenvalue weighted by Crippen LogP contribution is 2.33. The summed E-state index contributed by atoms with van der Waals surface area (Å²) in [6.07, 6.45) is -4.19. The number of nitrogens with one attached hydrogen (secondary N) is 1. The van der Waals surface area contributed by atoms with Gasteiger partial charge in [0.25, 0.3) is 0 Å². The van der Waals surface area contributed by atoms with E-state index in [1.54, 1.807) is 23.8 Å². The van der Waals surface area contributed by atoms with Crippen LogP contribution < -0.4 is 10.1 Å². The first kappa shape index (κ1) is 25.3. The molecule has 0 unspecified atom stereocenters. The number of methoxy groups -OCH3 is 1. The van der Waals surface area contributed by atoms with E-state index in [1.807, 2.05) is 48.5 Å². The van der Waals surface area contributed by atoms with Gasteiger partial charge in [-0.1, -0.05) is 72.4 Å². The van der Waals surface area contributed by atoms with Crippen LogP contribution in [-0.2, 0) is 29.7 Å². The zero-order valence-electron chi connectivity index (χ0n) is 19.3. The second-order valence-electron chi connectivity index (χ2n) is 7.83. The standard InChI is InChI=1S/C26H23F3N4O2S/c1-35-22-13-6-5-12-21(22)33-23(16-30-24(34)15-18-8-3-2-4-9-18)31-32-25(33)36-17-19-10-7-11-20(14-19)26(27,28)29/h2-14H,15-17H2,1H3,(H,30,34). The summed E-state index contributed by atoms with van der Waals surface area (Å²) in [5, 5.41) is 11.9. The normalized spacial score (nSPS) is 11.3. The van der Waals surface area contributed by atoms with Crippen molar-refractivity contribution in [3.8, 4) is 11.4 Å². The summed E-state index contributed by atoms with van der Waals surface area (Å²) in [6.45, 7) is 0.112. The molecule has 1 heterocycles. The lowest BCUT2D eigenvalue weighted by molar-refractivity contribution is -0.137. The highest BCUT2D eigenvalue weighted by molar-refractivity contribution is 7.98. The summed E-state index contributed by atoms with van der Waals surface area (Å²) in [5.74, 6) is 1.11. The Balaban J connectivity index is 1.57. The molecule has 0 spiro atoms. The van der Waals surface area contributed by atoms with Crippen LogP contribution in [0.4, 0.5) is 13.2 Å². The average Bonchev–Trinajstić information content (AvgIpc) is 3.29. The van der Waals surface area contributed by atoms with Crippen LogP contribution in [0, 0.1) is 0 Å². The van der Waals surface area contributed by atoms with Gasteiger partial charge in [0, 0.05) is 5.75 Å². The number of aromatic nitrogens is 3. The number of halogens is 3. The van der Waals surface area contributed by atoms with Crippen LogP contribution in [0.1, 0.15) is 22.5 Å². The molecule has 0 aliphatic carbocycles. The lowest BCUT2D eigenvalue weighted by atomic mass is 10.1. The quantitative estimate of drug-likeness (QED) is 0.302. The molecule has 10 heteroatoms. The van der Waals surface area contributed by atoms with Crippen molar-refractivity contribution < 1.29 is 22.7 Å². The molecule has 1 aromatic heterocycles. The van der Waals surface area contributed by atoms with E-state index in [0.29, 0.717) is 28.0 Å². The molecule has 3 aromatic carbocycles. The predicted molar refractivity (Wildman–Crippen MR) is 131 cm³/mol. The number of benzene rings is 3. The fourth-order valence-corrected chi connectivity index (χ4v) is 4.48. The van der Waals surface area contributed by atoms with Gasteiger partial charge in [-0.25, -0.2) is 0 Å². The molecular weight excluding hydrogens is 489 g/mol. The molecule has 4 rings (SSSR count). The topological polar surface area (TPSA) is 69.0 Å². The van der Waals surface area contributed by atoms with Crippen LogP contribution in [0.15, 0.2) is 84.0 Å². The summed E-state index contributed by atoms with van der Waals surface area (Å²) in [4.78, 5) is 12.5. The van der Waals surface area contributed by atoms with Crippen molar-refractivity contribution in [1.29, 1.82) is 0 Å². The Bertz CT molecular complexity index is 1330. The fraction of sp³-hybridized carbons (Fsp3) is 0.192. The lowest BCUT2D eigenvalue weighted by Gasteiger charge is -2.14. The molecule has 186 valence electrons. The first-order chi connectivity index (χ1) is 17.3. The molecule has 0 saturated heterocycles. The van der Waals surface area contributed by atoms with E-state index < -0.39 is 11.7 Å². The van der Waals surface area contributed by atoms with Crippen molar-refractivity contribution in [1.82, 2.24) is 20.1 Å². The van der Waals surface area contributed by atoms with Gasteiger partial charge in [-0.15, -0.1) is 10.2 Å². The molecule has 0 aliphatic rings. The lowest BCUT2D eigenvalue weighted by Crippen LogP contribution is -2.26. The third-order valence-electron chi connectivity index (χ3n) is 5.30. The number of hydrogen-bond acceptors (Lipinski definition) is 5. The van der Waals surface area contributed by atoms with Gasteiger partial charge in [0.05, 0.1) is 31.3 Å². The first-order valence-electron chi connectivity index (χ1n) is 11.0. The fourth-order valence-electron chi connectivity index (χ4n) is 3.57. The number of thioether (sulfide) groups is 1. The number of hydrogen-bond donors (Lipinski definition) is 1. The summed E-state index contributed by atoms with van der Waals surface area (Å²) in [5.41, 5.74) is 1.35. The molecule has 6 nitrogen and oxygen atoms in total. The first-order valence-corrected chi connectivity index (χ1v) is 12.0. The zero-order chi connectivity index (χ0) is 25.5. The number of amides is 1. The smallest absolute Gasteiger partial charge is 0.416 e. The second-order valence-corrected chi connectivity index (χ2v) is 8.77. The van der Waals surface area contributed by atoms with Gasteiger partial charge in [0.1, 0.15) is 5.75 Å². The third-order valence-corrected chi connectivity index (χ3v) is 6.30. The van der Waals surface area contributed by atoms with Gasteiger partial charge in [-0.2, -0.15) is 13.2 Å². The van der Waals surface area contributed by atoms with Gasteiger partial charge >= 0.3 is 6.18 Å². The maximum Gasteiger partial charge on any atom is 0.416 e. The molecule has 4 aromatic rings. The number of ether oxygens (including phenoxy) is 1. The van der Waals surface area contributed by atoms with Crippen LogP contribution >= 0.6 is 11.8 Å². The minimum absolute atomic E-state index is 0.112. The average molecular weight is 513 g/mol. The molecule has 0 bridgehead atoms. The van der Waals surface area contributed by atoms with Crippen molar-refractivity contribution in [2.24, 2.45) is 0 Å². The van der Waals surface area contributed by atoms with E-state index in [-0.39, 0.29) is 24.6 Å². The minimum atomic E-state index is -4.41. The molecule has 0 fully saturated rings. The molecule has 1 amide bonds. The monoisotopic (exact) mass is 512 g/mol. The molecule has 0 atom stereocenters. The SMILES string of the molecule is COc1ccccc1-n1c(CNC(=O)Cc2ccccc2)nnc1SCc1cccc(C(F)(F)F)c1. The maximum absolute atomic E-state index is 13.1. The molecule has 0 radical (unpaired) electrons. The summed E-state index contributed by atoms with van der Waals surface area (Å²) >= 11 is 1.24. The Morgan fingerprint density at radius 3 is 2.44 bits per heavy atom. The van der Waals surface area contributed by atoms with Crippen molar-refractivity contribution in [2.45, 2.75) is 30.1 Å². The van der Waals surface area contributed by atoms with Crippen molar-refractivity contribution >= 4 is 17.7 Å². The molecule has 0 saturated carbocycles. The van der Waals surface area contributed by atoms with E-state index in [2.05, 4.69) is 15.5 Å². The highest BCUT2D eigenvalue weighted by atomic mass is 32.2. The van der Waals surface area contributed by atoms with Crippen LogP contribution in [0.5, 0.6) is 5.75 Å². The van der Waals surface area contributed by atoms with Crippen LogP contribution in [0.3, 0.4) is 0 Å². The Hall–Kier alpha value is -3.79. The van der Waals surface area contributed by atoms with Crippen molar-refractivity contribution in [3.63, 3.8) is 0 Å². The van der Waals surface area contributed by atoms with Gasteiger partial charge < -0.3 is 10.1 Å². The Morgan fingerprint density at radius 2 is 1.69 bits per heavy atom. The maximum atomic E-state index is 13.1.